The van der Waals surface area contributed by atoms with Gasteiger partial charge in [0.2, 0.25) is 0 Å². The fourth-order valence-corrected chi connectivity index (χ4v) is 3.66. The van der Waals surface area contributed by atoms with E-state index in [-0.39, 0.29) is 17.5 Å². The number of piperidine rings is 1. The van der Waals surface area contributed by atoms with Crippen LogP contribution in [0.25, 0.3) is 6.08 Å². The van der Waals surface area contributed by atoms with Crippen LogP contribution in [0.5, 0.6) is 11.5 Å². The van der Waals surface area contributed by atoms with Gasteiger partial charge in [-0.25, -0.2) is 0 Å². The standard InChI is InChI=1S/C27H26N2O3/c30-26(22-12-4-1-5-13-22)28-25(27(31)29-17-8-3-9-18-29)20-21-11-10-16-24(19-21)32-23-14-6-2-7-15-23/h1-2,4-7,10-16,19-20H,3,8-9,17-18H2,(H,28,30)/b25-20+. The molecule has 1 heterocycles. The van der Waals surface area contributed by atoms with Gasteiger partial charge in [-0.05, 0) is 67.3 Å². The van der Waals surface area contributed by atoms with Crippen LogP contribution >= 0.6 is 0 Å². The molecule has 0 aromatic heterocycles. The van der Waals surface area contributed by atoms with Gasteiger partial charge >= 0.3 is 0 Å². The first-order valence-corrected chi connectivity index (χ1v) is 10.9. The van der Waals surface area contributed by atoms with Crippen LogP contribution in [-0.2, 0) is 4.79 Å². The molecule has 1 fully saturated rings. The van der Waals surface area contributed by atoms with E-state index in [0.717, 1.165) is 30.6 Å². The molecule has 32 heavy (non-hydrogen) atoms. The van der Waals surface area contributed by atoms with Gasteiger partial charge in [-0.3, -0.25) is 9.59 Å². The first-order valence-electron chi connectivity index (χ1n) is 10.9. The molecule has 0 atom stereocenters. The van der Waals surface area contributed by atoms with Crippen molar-refractivity contribution in [3.8, 4) is 11.5 Å². The molecule has 3 aromatic rings. The number of likely N-dealkylation sites (tertiary alicyclic amines) is 1. The number of para-hydroxylation sites is 1. The molecule has 0 spiro atoms. The van der Waals surface area contributed by atoms with E-state index in [1.165, 1.54) is 0 Å². The van der Waals surface area contributed by atoms with Crippen LogP contribution in [0.2, 0.25) is 0 Å². The summed E-state index contributed by atoms with van der Waals surface area (Å²) >= 11 is 0. The molecule has 1 saturated heterocycles. The average molecular weight is 427 g/mol. The fourth-order valence-electron chi connectivity index (χ4n) is 3.66. The van der Waals surface area contributed by atoms with Crippen molar-refractivity contribution in [1.29, 1.82) is 0 Å². The lowest BCUT2D eigenvalue weighted by atomic mass is 10.1. The molecule has 5 nitrogen and oxygen atoms in total. The summed E-state index contributed by atoms with van der Waals surface area (Å²) in [6, 6.07) is 25.9. The Bertz CT molecular complexity index is 1090. The summed E-state index contributed by atoms with van der Waals surface area (Å²) in [6.07, 6.45) is 4.80. The number of carbonyl (C=O) groups is 2. The minimum atomic E-state index is -0.307. The predicted molar refractivity (Wildman–Crippen MR) is 125 cm³/mol. The minimum absolute atomic E-state index is 0.164. The highest BCUT2D eigenvalue weighted by Crippen LogP contribution is 2.23. The second-order valence-electron chi connectivity index (χ2n) is 7.72. The van der Waals surface area contributed by atoms with Crippen molar-refractivity contribution >= 4 is 17.9 Å². The Hall–Kier alpha value is -3.86. The van der Waals surface area contributed by atoms with E-state index in [4.69, 9.17) is 4.74 Å². The third-order valence-electron chi connectivity index (χ3n) is 5.31. The first kappa shape index (κ1) is 21.4. The minimum Gasteiger partial charge on any atom is -0.457 e. The van der Waals surface area contributed by atoms with Crippen molar-refractivity contribution in [3.63, 3.8) is 0 Å². The summed E-state index contributed by atoms with van der Waals surface area (Å²) in [7, 11) is 0. The van der Waals surface area contributed by atoms with E-state index in [2.05, 4.69) is 5.32 Å². The van der Waals surface area contributed by atoms with Crippen LogP contribution in [0.4, 0.5) is 0 Å². The Labute approximate surface area is 188 Å². The Balaban J connectivity index is 1.60. The van der Waals surface area contributed by atoms with Gasteiger partial charge in [-0.2, -0.15) is 0 Å². The lowest BCUT2D eigenvalue weighted by Crippen LogP contribution is -2.41. The van der Waals surface area contributed by atoms with Gasteiger partial charge in [0.1, 0.15) is 17.2 Å². The summed E-state index contributed by atoms with van der Waals surface area (Å²) in [5, 5.41) is 2.84. The van der Waals surface area contributed by atoms with Gasteiger partial charge in [-0.1, -0.05) is 48.5 Å². The number of amides is 2. The number of benzene rings is 3. The molecule has 0 saturated carbocycles. The van der Waals surface area contributed by atoms with Crippen molar-refractivity contribution in [1.82, 2.24) is 10.2 Å². The van der Waals surface area contributed by atoms with Crippen molar-refractivity contribution in [2.75, 3.05) is 13.1 Å². The van der Waals surface area contributed by atoms with Gasteiger partial charge in [0.05, 0.1) is 0 Å². The summed E-state index contributed by atoms with van der Waals surface area (Å²) in [5.74, 6) is 0.919. The normalized spacial score (nSPS) is 14.0. The molecular formula is C27H26N2O3. The molecular weight excluding hydrogens is 400 g/mol. The number of hydrogen-bond acceptors (Lipinski definition) is 3. The smallest absolute Gasteiger partial charge is 0.270 e. The molecule has 1 aliphatic rings. The molecule has 0 unspecified atom stereocenters. The molecule has 0 bridgehead atoms. The average Bonchev–Trinajstić information content (AvgIpc) is 2.85. The number of carbonyl (C=O) groups excluding carboxylic acids is 2. The third-order valence-corrected chi connectivity index (χ3v) is 5.31. The monoisotopic (exact) mass is 426 g/mol. The topological polar surface area (TPSA) is 58.6 Å². The Morgan fingerprint density at radius 3 is 2.16 bits per heavy atom. The van der Waals surface area contributed by atoms with Crippen LogP contribution in [0.1, 0.15) is 35.2 Å². The van der Waals surface area contributed by atoms with Crippen molar-refractivity contribution < 1.29 is 14.3 Å². The van der Waals surface area contributed by atoms with Crippen LogP contribution in [0, 0.1) is 0 Å². The largest absolute Gasteiger partial charge is 0.457 e. The highest BCUT2D eigenvalue weighted by Gasteiger charge is 2.22. The lowest BCUT2D eigenvalue weighted by Gasteiger charge is -2.27. The zero-order valence-corrected chi connectivity index (χ0v) is 17.9. The van der Waals surface area contributed by atoms with E-state index in [1.54, 1.807) is 30.3 Å². The number of ether oxygens (including phenoxy) is 1. The molecule has 1 aliphatic heterocycles. The van der Waals surface area contributed by atoms with E-state index in [9.17, 15) is 9.59 Å². The summed E-state index contributed by atoms with van der Waals surface area (Å²) in [5.41, 5.74) is 1.54. The van der Waals surface area contributed by atoms with Gasteiger partial charge in [0, 0.05) is 18.7 Å². The maximum atomic E-state index is 13.3. The molecule has 3 aromatic carbocycles. The molecule has 5 heteroatoms. The molecule has 1 N–H and O–H groups in total. The molecule has 0 radical (unpaired) electrons. The van der Waals surface area contributed by atoms with Gasteiger partial charge in [0.25, 0.3) is 11.8 Å². The maximum absolute atomic E-state index is 13.3. The zero-order chi connectivity index (χ0) is 22.2. The quantitative estimate of drug-likeness (QED) is 0.547. The van der Waals surface area contributed by atoms with Gasteiger partial charge in [-0.15, -0.1) is 0 Å². The molecule has 0 aliphatic carbocycles. The van der Waals surface area contributed by atoms with Crippen LogP contribution in [-0.4, -0.2) is 29.8 Å². The van der Waals surface area contributed by atoms with Crippen LogP contribution < -0.4 is 10.1 Å². The van der Waals surface area contributed by atoms with E-state index in [1.807, 2.05) is 65.6 Å². The van der Waals surface area contributed by atoms with Gasteiger partial charge < -0.3 is 15.0 Å². The second-order valence-corrected chi connectivity index (χ2v) is 7.72. The second kappa shape index (κ2) is 10.4. The predicted octanol–water partition coefficient (Wildman–Crippen LogP) is 5.26. The summed E-state index contributed by atoms with van der Waals surface area (Å²) in [6.45, 7) is 1.41. The van der Waals surface area contributed by atoms with Crippen molar-refractivity contribution in [3.05, 3.63) is 102 Å². The van der Waals surface area contributed by atoms with Crippen molar-refractivity contribution in [2.45, 2.75) is 19.3 Å². The van der Waals surface area contributed by atoms with Crippen molar-refractivity contribution in [2.24, 2.45) is 0 Å². The van der Waals surface area contributed by atoms with Crippen LogP contribution in [0.15, 0.2) is 90.6 Å². The summed E-state index contributed by atoms with van der Waals surface area (Å²) < 4.78 is 5.92. The van der Waals surface area contributed by atoms with Crippen LogP contribution in [0.3, 0.4) is 0 Å². The molecule has 162 valence electrons. The van der Waals surface area contributed by atoms with Gasteiger partial charge in [0.15, 0.2) is 0 Å². The number of rotatable bonds is 6. The Morgan fingerprint density at radius 2 is 1.44 bits per heavy atom. The summed E-state index contributed by atoms with van der Waals surface area (Å²) in [4.78, 5) is 27.9. The highest BCUT2D eigenvalue weighted by atomic mass is 16.5. The highest BCUT2D eigenvalue weighted by molar-refractivity contribution is 6.05. The van der Waals surface area contributed by atoms with E-state index in [0.29, 0.717) is 24.4 Å². The number of nitrogens with zero attached hydrogens (tertiary/aromatic N) is 1. The SMILES string of the molecule is O=C(N/C(=C/c1cccc(Oc2ccccc2)c1)C(=O)N1CCCCC1)c1ccccc1. The fraction of sp³-hybridized carbons (Fsp3) is 0.185. The first-order chi connectivity index (χ1) is 15.7. The Morgan fingerprint density at radius 1 is 0.781 bits per heavy atom. The molecule has 4 rings (SSSR count). The third kappa shape index (κ3) is 5.64. The lowest BCUT2D eigenvalue weighted by molar-refractivity contribution is -0.128. The van der Waals surface area contributed by atoms with E-state index >= 15 is 0 Å². The van der Waals surface area contributed by atoms with E-state index < -0.39 is 0 Å². The maximum Gasteiger partial charge on any atom is 0.270 e. The Kier molecular flexibility index (Phi) is 6.98. The zero-order valence-electron chi connectivity index (χ0n) is 17.9. The number of hydrogen-bond donors (Lipinski definition) is 1. The number of nitrogens with one attached hydrogen (secondary N) is 1. The molecule has 2 amide bonds.